The van der Waals surface area contributed by atoms with Gasteiger partial charge in [0.25, 0.3) is 0 Å². The molecule has 3 heteroatoms. The Bertz CT molecular complexity index is 81.8. The van der Waals surface area contributed by atoms with Crippen LogP contribution in [0.1, 0.15) is 13.8 Å². The second-order valence-electron chi connectivity index (χ2n) is 2.88. The number of rotatable bonds is 8. The largest absolute Gasteiger partial charge is 0.318 e. The van der Waals surface area contributed by atoms with Gasteiger partial charge in [-0.05, 0) is 20.1 Å². The second kappa shape index (κ2) is 8.97. The lowest BCUT2D eigenvalue weighted by Gasteiger charge is -2.17. The molecule has 74 valence electrons. The normalized spacial score (nSPS) is 11.0. The Morgan fingerprint density at radius 1 is 1.00 bits per heavy atom. The zero-order chi connectivity index (χ0) is 9.23. The summed E-state index contributed by atoms with van der Waals surface area (Å²) in [6, 6.07) is 0. The molecule has 0 saturated carbocycles. The van der Waals surface area contributed by atoms with Gasteiger partial charge in [0.2, 0.25) is 0 Å². The van der Waals surface area contributed by atoms with Crippen molar-refractivity contribution < 1.29 is 0 Å². The molecule has 0 fully saturated rings. The Kier molecular flexibility index (Phi) is 8.88. The third-order valence-electron chi connectivity index (χ3n) is 2.05. The first-order valence-corrected chi connectivity index (χ1v) is 4.92. The third-order valence-corrected chi connectivity index (χ3v) is 2.05. The summed E-state index contributed by atoms with van der Waals surface area (Å²) in [6.07, 6.45) is 0. The zero-order valence-corrected chi connectivity index (χ0v) is 8.69. The molecule has 0 aliphatic rings. The highest BCUT2D eigenvalue weighted by Gasteiger charge is 1.96. The van der Waals surface area contributed by atoms with Crippen molar-refractivity contribution in [2.75, 3.05) is 46.3 Å². The maximum atomic E-state index is 3.38. The molecule has 0 aromatic carbocycles. The van der Waals surface area contributed by atoms with E-state index in [1.165, 1.54) is 0 Å². The van der Waals surface area contributed by atoms with Crippen molar-refractivity contribution in [2.45, 2.75) is 13.8 Å². The average Bonchev–Trinajstić information content (AvgIpc) is 2.11. The van der Waals surface area contributed by atoms with Gasteiger partial charge in [0.05, 0.1) is 0 Å². The van der Waals surface area contributed by atoms with Crippen molar-refractivity contribution in [1.82, 2.24) is 15.5 Å². The van der Waals surface area contributed by atoms with E-state index in [4.69, 9.17) is 0 Å². The quantitative estimate of drug-likeness (QED) is 0.511. The topological polar surface area (TPSA) is 27.3 Å². The van der Waals surface area contributed by atoms with E-state index < -0.39 is 0 Å². The van der Waals surface area contributed by atoms with Crippen molar-refractivity contribution in [3.05, 3.63) is 0 Å². The minimum atomic E-state index is 1.05. The van der Waals surface area contributed by atoms with Gasteiger partial charge in [-0.3, -0.25) is 0 Å². The van der Waals surface area contributed by atoms with Crippen molar-refractivity contribution in [2.24, 2.45) is 0 Å². The molecule has 0 rings (SSSR count). The lowest BCUT2D eigenvalue weighted by Crippen LogP contribution is -2.34. The molecule has 0 amide bonds. The predicted octanol–water partition coefficient (Wildman–Crippen LogP) is 0.137. The Labute approximate surface area is 76.5 Å². The van der Waals surface area contributed by atoms with E-state index in [-0.39, 0.29) is 0 Å². The highest BCUT2D eigenvalue weighted by atomic mass is 15.1. The van der Waals surface area contributed by atoms with Crippen molar-refractivity contribution in [3.63, 3.8) is 0 Å². The van der Waals surface area contributed by atoms with Crippen LogP contribution in [-0.2, 0) is 0 Å². The van der Waals surface area contributed by atoms with Crippen LogP contribution in [0.2, 0.25) is 0 Å². The van der Waals surface area contributed by atoms with Crippen LogP contribution in [0.5, 0.6) is 0 Å². The molecule has 0 atom stereocenters. The molecule has 0 radical (unpaired) electrons. The summed E-state index contributed by atoms with van der Waals surface area (Å²) in [7, 11) is 1.98. The van der Waals surface area contributed by atoms with Gasteiger partial charge in [0.1, 0.15) is 0 Å². The Morgan fingerprint density at radius 2 is 1.67 bits per heavy atom. The highest BCUT2D eigenvalue weighted by molar-refractivity contribution is 4.55. The molecule has 0 aromatic heterocycles. The Hall–Kier alpha value is -0.120. The fraction of sp³-hybridized carbons (Fsp3) is 1.00. The number of nitrogens with one attached hydrogen (secondary N) is 2. The van der Waals surface area contributed by atoms with Gasteiger partial charge in [-0.1, -0.05) is 13.8 Å². The first-order valence-electron chi connectivity index (χ1n) is 4.92. The predicted molar refractivity (Wildman–Crippen MR) is 54.6 cm³/mol. The third kappa shape index (κ3) is 6.58. The SMILES string of the molecule is CCN(CC)CCNCCNC. The summed E-state index contributed by atoms with van der Waals surface area (Å²) < 4.78 is 0. The summed E-state index contributed by atoms with van der Waals surface area (Å²) in [4.78, 5) is 2.42. The van der Waals surface area contributed by atoms with E-state index in [1.807, 2.05) is 7.05 Å². The van der Waals surface area contributed by atoms with Gasteiger partial charge in [0, 0.05) is 26.2 Å². The molecule has 0 spiro atoms. The van der Waals surface area contributed by atoms with Crippen LogP contribution in [0.15, 0.2) is 0 Å². The molecular formula is C9H23N3. The second-order valence-corrected chi connectivity index (χ2v) is 2.88. The van der Waals surface area contributed by atoms with Crippen LogP contribution in [0.25, 0.3) is 0 Å². The van der Waals surface area contributed by atoms with Crippen molar-refractivity contribution in [3.8, 4) is 0 Å². The summed E-state index contributed by atoms with van der Waals surface area (Å²) in [5.41, 5.74) is 0. The van der Waals surface area contributed by atoms with Gasteiger partial charge in [-0.2, -0.15) is 0 Å². The molecule has 12 heavy (non-hydrogen) atoms. The number of likely N-dealkylation sites (N-methyl/N-ethyl adjacent to an activating group) is 2. The molecule has 3 nitrogen and oxygen atoms in total. The minimum Gasteiger partial charge on any atom is -0.318 e. The summed E-state index contributed by atoms with van der Waals surface area (Å²) in [6.45, 7) is 11.1. The van der Waals surface area contributed by atoms with Crippen LogP contribution in [0, 0.1) is 0 Å². The maximum absolute atomic E-state index is 3.38. The van der Waals surface area contributed by atoms with Crippen LogP contribution in [0.3, 0.4) is 0 Å². The molecule has 2 N–H and O–H groups in total. The standard InChI is InChI=1S/C9H23N3/c1-4-12(5-2)9-8-11-7-6-10-3/h10-11H,4-9H2,1-3H3. The number of hydrogen-bond donors (Lipinski definition) is 2. The van der Waals surface area contributed by atoms with Crippen LogP contribution >= 0.6 is 0 Å². The van der Waals surface area contributed by atoms with E-state index in [0.29, 0.717) is 0 Å². The minimum absolute atomic E-state index is 1.05. The molecule has 0 aliphatic carbocycles. The van der Waals surface area contributed by atoms with Crippen LogP contribution < -0.4 is 10.6 Å². The number of hydrogen-bond acceptors (Lipinski definition) is 3. The van der Waals surface area contributed by atoms with E-state index in [1.54, 1.807) is 0 Å². The van der Waals surface area contributed by atoms with Gasteiger partial charge in [0.15, 0.2) is 0 Å². The maximum Gasteiger partial charge on any atom is 0.0107 e. The number of nitrogens with zero attached hydrogens (tertiary/aromatic N) is 1. The van der Waals surface area contributed by atoms with Gasteiger partial charge in [-0.15, -0.1) is 0 Å². The van der Waals surface area contributed by atoms with E-state index >= 15 is 0 Å². The van der Waals surface area contributed by atoms with Gasteiger partial charge >= 0.3 is 0 Å². The van der Waals surface area contributed by atoms with Crippen LogP contribution in [0.4, 0.5) is 0 Å². The van der Waals surface area contributed by atoms with Gasteiger partial charge < -0.3 is 15.5 Å². The van der Waals surface area contributed by atoms with E-state index in [9.17, 15) is 0 Å². The lowest BCUT2D eigenvalue weighted by atomic mass is 10.4. The highest BCUT2D eigenvalue weighted by Crippen LogP contribution is 1.83. The molecule has 0 aromatic rings. The first kappa shape index (κ1) is 11.9. The molecule has 0 aliphatic heterocycles. The average molecular weight is 173 g/mol. The van der Waals surface area contributed by atoms with Crippen molar-refractivity contribution in [1.29, 1.82) is 0 Å². The first-order chi connectivity index (χ1) is 5.85. The monoisotopic (exact) mass is 173 g/mol. The zero-order valence-electron chi connectivity index (χ0n) is 8.69. The van der Waals surface area contributed by atoms with Gasteiger partial charge in [-0.25, -0.2) is 0 Å². The fourth-order valence-electron chi connectivity index (χ4n) is 1.12. The Balaban J connectivity index is 3.06. The lowest BCUT2D eigenvalue weighted by molar-refractivity contribution is 0.302. The van der Waals surface area contributed by atoms with Crippen molar-refractivity contribution >= 4 is 0 Å². The fourth-order valence-corrected chi connectivity index (χ4v) is 1.12. The summed E-state index contributed by atoms with van der Waals surface area (Å²) >= 11 is 0. The van der Waals surface area contributed by atoms with E-state index in [0.717, 1.165) is 39.3 Å². The molecule has 0 bridgehead atoms. The van der Waals surface area contributed by atoms with Crippen LogP contribution in [-0.4, -0.2) is 51.2 Å². The molecule has 0 unspecified atom stereocenters. The molecular weight excluding hydrogens is 150 g/mol. The smallest absolute Gasteiger partial charge is 0.0107 e. The Morgan fingerprint density at radius 3 is 2.17 bits per heavy atom. The summed E-state index contributed by atoms with van der Waals surface area (Å²) in [5, 5.41) is 6.49. The molecule has 0 saturated heterocycles. The molecule has 0 heterocycles. The summed E-state index contributed by atoms with van der Waals surface area (Å²) in [5.74, 6) is 0. The van der Waals surface area contributed by atoms with E-state index in [2.05, 4.69) is 29.4 Å².